The van der Waals surface area contributed by atoms with Crippen LogP contribution in [0.2, 0.25) is 10.6 Å². The summed E-state index contributed by atoms with van der Waals surface area (Å²) in [5.74, 6) is -1.03. The minimum absolute atomic E-state index is 0.0339. The summed E-state index contributed by atoms with van der Waals surface area (Å²) in [6.07, 6.45) is 7.39. The Bertz CT molecular complexity index is 400. The SMILES string of the molecule is C=CC(=O)O[Si](OC(=O)C=C)(C(C)C)C1(C)CCCCC1. The molecule has 0 saturated heterocycles. The Labute approximate surface area is 128 Å². The van der Waals surface area contributed by atoms with E-state index in [0.29, 0.717) is 0 Å². The van der Waals surface area contributed by atoms with Crippen molar-refractivity contribution in [2.24, 2.45) is 0 Å². The van der Waals surface area contributed by atoms with E-state index in [-0.39, 0.29) is 10.6 Å². The summed E-state index contributed by atoms with van der Waals surface area (Å²) in [6, 6.07) is 0. The maximum Gasteiger partial charge on any atom is 0.473 e. The van der Waals surface area contributed by atoms with Gasteiger partial charge in [-0.15, -0.1) is 0 Å². The molecule has 118 valence electrons. The van der Waals surface area contributed by atoms with Gasteiger partial charge in [0.05, 0.1) is 0 Å². The van der Waals surface area contributed by atoms with Gasteiger partial charge in [-0.3, -0.25) is 0 Å². The second-order valence-corrected chi connectivity index (χ2v) is 10.3. The molecular weight excluding hydrogens is 284 g/mol. The van der Waals surface area contributed by atoms with Gasteiger partial charge in [-0.25, -0.2) is 9.59 Å². The molecule has 1 saturated carbocycles. The standard InChI is InChI=1S/C16H26O4Si/c1-6-14(17)19-21(13(3)4,20-15(18)7-2)16(5)11-9-8-10-12-16/h6-7,13H,1-2,8-12H2,3-5H3. The van der Waals surface area contributed by atoms with Gasteiger partial charge >= 0.3 is 20.5 Å². The molecule has 0 bridgehead atoms. The zero-order valence-electron chi connectivity index (χ0n) is 13.3. The lowest BCUT2D eigenvalue weighted by Crippen LogP contribution is -2.57. The third-order valence-electron chi connectivity index (χ3n) is 4.40. The zero-order chi connectivity index (χ0) is 16.1. The molecule has 0 heterocycles. The maximum absolute atomic E-state index is 11.9. The molecule has 1 rings (SSSR count). The quantitative estimate of drug-likeness (QED) is 0.549. The molecule has 1 fully saturated rings. The van der Waals surface area contributed by atoms with E-state index in [0.717, 1.165) is 37.8 Å². The van der Waals surface area contributed by atoms with Gasteiger partial charge in [0.1, 0.15) is 0 Å². The number of hydrogen-bond donors (Lipinski definition) is 0. The fourth-order valence-corrected chi connectivity index (χ4v) is 7.48. The Hall–Kier alpha value is -1.36. The molecule has 0 N–H and O–H groups in total. The van der Waals surface area contributed by atoms with Crippen LogP contribution in [0.1, 0.15) is 52.9 Å². The molecule has 5 heteroatoms. The molecule has 0 radical (unpaired) electrons. The van der Waals surface area contributed by atoms with E-state index < -0.39 is 20.5 Å². The van der Waals surface area contributed by atoms with Crippen molar-refractivity contribution in [3.05, 3.63) is 25.3 Å². The lowest BCUT2D eigenvalue weighted by Gasteiger charge is -2.47. The van der Waals surface area contributed by atoms with Crippen LogP contribution in [0.25, 0.3) is 0 Å². The van der Waals surface area contributed by atoms with Crippen molar-refractivity contribution < 1.29 is 18.4 Å². The van der Waals surface area contributed by atoms with Crippen molar-refractivity contribution in [3.8, 4) is 0 Å². The molecule has 0 aromatic carbocycles. The molecule has 0 amide bonds. The summed E-state index contributed by atoms with van der Waals surface area (Å²) < 4.78 is 11.5. The minimum atomic E-state index is -3.11. The molecule has 0 aromatic heterocycles. The van der Waals surface area contributed by atoms with Crippen molar-refractivity contribution in [1.82, 2.24) is 0 Å². The van der Waals surface area contributed by atoms with Gasteiger partial charge in [-0.2, -0.15) is 0 Å². The average Bonchev–Trinajstić information content (AvgIpc) is 2.46. The van der Waals surface area contributed by atoms with Crippen LogP contribution in [0, 0.1) is 0 Å². The summed E-state index contributed by atoms with van der Waals surface area (Å²) in [5, 5.41) is -0.267. The lowest BCUT2D eigenvalue weighted by molar-refractivity contribution is -0.137. The topological polar surface area (TPSA) is 52.6 Å². The molecule has 1 aliphatic rings. The van der Waals surface area contributed by atoms with E-state index in [1.54, 1.807) is 0 Å². The Balaban J connectivity index is 3.27. The predicted molar refractivity (Wildman–Crippen MR) is 84.9 cm³/mol. The molecule has 0 unspecified atom stereocenters. The lowest BCUT2D eigenvalue weighted by atomic mass is 9.90. The van der Waals surface area contributed by atoms with E-state index in [2.05, 4.69) is 20.1 Å². The first kappa shape index (κ1) is 17.7. The van der Waals surface area contributed by atoms with Crippen molar-refractivity contribution in [3.63, 3.8) is 0 Å². The van der Waals surface area contributed by atoms with Crippen LogP contribution in [-0.4, -0.2) is 20.5 Å². The van der Waals surface area contributed by atoms with E-state index in [4.69, 9.17) is 8.85 Å². The van der Waals surface area contributed by atoms with Crippen molar-refractivity contribution >= 4 is 20.5 Å². The largest absolute Gasteiger partial charge is 0.481 e. The van der Waals surface area contributed by atoms with Crippen LogP contribution >= 0.6 is 0 Å². The van der Waals surface area contributed by atoms with Crippen LogP contribution in [0.4, 0.5) is 0 Å². The Morgan fingerprint density at radius 3 is 1.81 bits per heavy atom. The number of hydrogen-bond acceptors (Lipinski definition) is 4. The van der Waals surface area contributed by atoms with Gasteiger partial charge < -0.3 is 8.85 Å². The average molecular weight is 310 g/mol. The minimum Gasteiger partial charge on any atom is -0.481 e. The first-order valence-corrected chi connectivity index (χ1v) is 9.41. The summed E-state index contributed by atoms with van der Waals surface area (Å²) in [4.78, 5) is 23.7. The highest BCUT2D eigenvalue weighted by atomic mass is 28.4. The van der Waals surface area contributed by atoms with Gasteiger partial charge in [0.15, 0.2) is 0 Å². The number of rotatable bonds is 6. The van der Waals surface area contributed by atoms with E-state index in [9.17, 15) is 9.59 Å². The molecule has 21 heavy (non-hydrogen) atoms. The highest BCUT2D eigenvalue weighted by molar-refractivity contribution is 6.75. The van der Waals surface area contributed by atoms with Crippen molar-refractivity contribution in [1.29, 1.82) is 0 Å². The predicted octanol–water partition coefficient (Wildman–Crippen LogP) is 4.02. The second kappa shape index (κ2) is 7.07. The molecule has 0 atom stereocenters. The van der Waals surface area contributed by atoms with Gasteiger partial charge in [-0.05, 0) is 12.8 Å². The van der Waals surface area contributed by atoms with E-state index in [1.165, 1.54) is 6.42 Å². The van der Waals surface area contributed by atoms with E-state index >= 15 is 0 Å². The highest BCUT2D eigenvalue weighted by Gasteiger charge is 2.62. The van der Waals surface area contributed by atoms with Crippen LogP contribution in [0.5, 0.6) is 0 Å². The van der Waals surface area contributed by atoms with Crippen LogP contribution in [0.3, 0.4) is 0 Å². The van der Waals surface area contributed by atoms with Crippen LogP contribution < -0.4 is 0 Å². The molecule has 1 aliphatic carbocycles. The summed E-state index contributed by atoms with van der Waals surface area (Å²) in [6.45, 7) is 12.9. The Morgan fingerprint density at radius 2 is 1.48 bits per heavy atom. The summed E-state index contributed by atoms with van der Waals surface area (Å²) in [7, 11) is -3.11. The fourth-order valence-electron chi connectivity index (χ4n) is 3.26. The van der Waals surface area contributed by atoms with Crippen LogP contribution in [-0.2, 0) is 18.4 Å². The number of carbonyl (C=O) groups is 2. The fraction of sp³-hybridized carbons (Fsp3) is 0.625. The first-order valence-electron chi connectivity index (χ1n) is 7.52. The molecule has 0 aliphatic heterocycles. The second-order valence-electron chi connectivity index (χ2n) is 6.19. The van der Waals surface area contributed by atoms with Gasteiger partial charge in [0.2, 0.25) is 0 Å². The van der Waals surface area contributed by atoms with E-state index in [1.807, 2.05) is 13.8 Å². The van der Waals surface area contributed by atoms with Gasteiger partial charge in [0.25, 0.3) is 0 Å². The molecule has 4 nitrogen and oxygen atoms in total. The van der Waals surface area contributed by atoms with Crippen LogP contribution in [0.15, 0.2) is 25.3 Å². The van der Waals surface area contributed by atoms with Gasteiger partial charge in [-0.1, -0.05) is 53.2 Å². The smallest absolute Gasteiger partial charge is 0.473 e. The summed E-state index contributed by atoms with van der Waals surface area (Å²) in [5.41, 5.74) is -0.0339. The zero-order valence-corrected chi connectivity index (χ0v) is 14.3. The Morgan fingerprint density at radius 1 is 1.05 bits per heavy atom. The molecule has 0 aromatic rings. The van der Waals surface area contributed by atoms with Crippen molar-refractivity contribution in [2.75, 3.05) is 0 Å². The third kappa shape index (κ3) is 3.64. The summed E-state index contributed by atoms with van der Waals surface area (Å²) >= 11 is 0. The Kier molecular flexibility index (Phi) is 5.95. The normalized spacial score (nSPS) is 17.9. The van der Waals surface area contributed by atoms with Gasteiger partial charge in [0, 0.05) is 22.7 Å². The first-order chi connectivity index (χ1) is 9.81. The van der Waals surface area contributed by atoms with Crippen molar-refractivity contribution in [2.45, 2.75) is 63.5 Å². The molecular formula is C16H26O4Si. The molecule has 0 spiro atoms. The monoisotopic (exact) mass is 310 g/mol. The highest BCUT2D eigenvalue weighted by Crippen LogP contribution is 2.55. The third-order valence-corrected chi connectivity index (χ3v) is 9.11. The number of carbonyl (C=O) groups excluding carboxylic acids is 2. The maximum atomic E-state index is 11.9.